The van der Waals surface area contributed by atoms with Gasteiger partial charge in [0.2, 0.25) is 11.8 Å². The van der Waals surface area contributed by atoms with Crippen molar-refractivity contribution in [1.82, 2.24) is 25.3 Å². The molecule has 8 heteroatoms. The summed E-state index contributed by atoms with van der Waals surface area (Å²) < 4.78 is 11.3. The van der Waals surface area contributed by atoms with Gasteiger partial charge >= 0.3 is 0 Å². The van der Waals surface area contributed by atoms with E-state index in [9.17, 15) is 4.79 Å². The fourth-order valence-corrected chi connectivity index (χ4v) is 2.50. The van der Waals surface area contributed by atoms with E-state index in [1.54, 1.807) is 11.0 Å². The zero-order valence-corrected chi connectivity index (χ0v) is 14.4. The number of aromatic amines is 1. The maximum Gasteiger partial charge on any atom is 0.274 e. The van der Waals surface area contributed by atoms with Gasteiger partial charge in [0.1, 0.15) is 5.69 Å². The number of rotatable bonds is 4. The van der Waals surface area contributed by atoms with E-state index in [-0.39, 0.29) is 11.8 Å². The molecule has 24 heavy (non-hydrogen) atoms. The van der Waals surface area contributed by atoms with Crippen LogP contribution in [0.3, 0.4) is 0 Å². The Morgan fingerprint density at radius 2 is 2.08 bits per heavy atom. The van der Waals surface area contributed by atoms with Gasteiger partial charge in [-0.2, -0.15) is 5.10 Å². The molecule has 1 saturated heterocycles. The molecule has 1 unspecified atom stereocenters. The minimum atomic E-state index is -0.397. The minimum absolute atomic E-state index is 0.116. The number of amides is 1. The topological polar surface area (TPSA) is 97.1 Å². The van der Waals surface area contributed by atoms with Crippen molar-refractivity contribution in [2.45, 2.75) is 45.6 Å². The second-order valence-corrected chi connectivity index (χ2v) is 6.61. The molecule has 0 radical (unpaired) electrons. The van der Waals surface area contributed by atoms with Crippen molar-refractivity contribution in [3.8, 4) is 0 Å². The second-order valence-electron chi connectivity index (χ2n) is 6.61. The largest absolute Gasteiger partial charge is 0.422 e. The summed E-state index contributed by atoms with van der Waals surface area (Å²) in [6, 6.07) is 1.81. The molecule has 1 N–H and O–H groups in total. The minimum Gasteiger partial charge on any atom is -0.422 e. The summed E-state index contributed by atoms with van der Waals surface area (Å²) in [6.07, 6.45) is -0.397. The number of hydrogen-bond acceptors (Lipinski definition) is 6. The molecule has 2 aromatic rings. The number of aromatic nitrogens is 4. The summed E-state index contributed by atoms with van der Waals surface area (Å²) in [7, 11) is 0. The highest BCUT2D eigenvalue weighted by molar-refractivity contribution is 5.92. The molecule has 0 spiro atoms. The third-order valence-corrected chi connectivity index (χ3v) is 4.02. The molecule has 1 amide bonds. The molecule has 3 heterocycles. The SMILES string of the molecule is CC(C)c1cc(C(=O)N2CCOC(c3nnc(C(C)C)o3)C2)n[nH]1. The average Bonchev–Trinajstić information content (AvgIpc) is 3.24. The predicted molar refractivity (Wildman–Crippen MR) is 85.7 cm³/mol. The van der Waals surface area contributed by atoms with Crippen LogP contribution in [0.5, 0.6) is 0 Å². The van der Waals surface area contributed by atoms with E-state index in [0.29, 0.717) is 43.1 Å². The highest BCUT2D eigenvalue weighted by Gasteiger charge is 2.31. The molecule has 1 atom stereocenters. The number of nitrogens with zero attached hydrogens (tertiary/aromatic N) is 4. The molecule has 0 aliphatic carbocycles. The maximum absolute atomic E-state index is 12.6. The molecule has 130 valence electrons. The first-order valence-corrected chi connectivity index (χ1v) is 8.25. The van der Waals surface area contributed by atoms with E-state index in [0.717, 1.165) is 5.69 Å². The van der Waals surface area contributed by atoms with E-state index in [2.05, 4.69) is 34.2 Å². The molecule has 0 aromatic carbocycles. The maximum atomic E-state index is 12.6. The number of ether oxygens (including phenoxy) is 1. The first-order chi connectivity index (χ1) is 11.5. The summed E-state index contributed by atoms with van der Waals surface area (Å²) in [4.78, 5) is 14.4. The number of H-pyrrole nitrogens is 1. The quantitative estimate of drug-likeness (QED) is 0.921. The molecule has 1 aliphatic rings. The van der Waals surface area contributed by atoms with Gasteiger partial charge in [-0.05, 0) is 12.0 Å². The number of carbonyl (C=O) groups is 1. The Balaban J connectivity index is 1.71. The summed E-state index contributed by atoms with van der Waals surface area (Å²) >= 11 is 0. The summed E-state index contributed by atoms with van der Waals surface area (Å²) in [6.45, 7) is 9.39. The van der Waals surface area contributed by atoms with E-state index in [1.165, 1.54) is 0 Å². The molecule has 1 fully saturated rings. The third-order valence-electron chi connectivity index (χ3n) is 4.02. The molecule has 8 nitrogen and oxygen atoms in total. The van der Waals surface area contributed by atoms with Crippen molar-refractivity contribution in [1.29, 1.82) is 0 Å². The van der Waals surface area contributed by atoms with Gasteiger partial charge in [0, 0.05) is 18.2 Å². The lowest BCUT2D eigenvalue weighted by Gasteiger charge is -2.30. The van der Waals surface area contributed by atoms with Crippen LogP contribution in [0.2, 0.25) is 0 Å². The zero-order chi connectivity index (χ0) is 17.3. The predicted octanol–water partition coefficient (Wildman–Crippen LogP) is 2.25. The van der Waals surface area contributed by atoms with Gasteiger partial charge in [-0.25, -0.2) is 0 Å². The second kappa shape index (κ2) is 6.72. The van der Waals surface area contributed by atoms with Crippen molar-refractivity contribution in [3.63, 3.8) is 0 Å². The van der Waals surface area contributed by atoms with Crippen LogP contribution in [0.25, 0.3) is 0 Å². The van der Waals surface area contributed by atoms with Crippen LogP contribution in [0.4, 0.5) is 0 Å². The molecule has 3 rings (SSSR count). The fraction of sp³-hybridized carbons (Fsp3) is 0.625. The third kappa shape index (κ3) is 3.33. The number of hydrogen-bond donors (Lipinski definition) is 1. The highest BCUT2D eigenvalue weighted by Crippen LogP contribution is 2.24. The van der Waals surface area contributed by atoms with E-state index in [4.69, 9.17) is 9.15 Å². The van der Waals surface area contributed by atoms with E-state index >= 15 is 0 Å². The first-order valence-electron chi connectivity index (χ1n) is 8.25. The monoisotopic (exact) mass is 333 g/mol. The van der Waals surface area contributed by atoms with Crippen molar-refractivity contribution in [3.05, 3.63) is 29.2 Å². The Bertz CT molecular complexity index is 706. The van der Waals surface area contributed by atoms with Gasteiger partial charge in [0.25, 0.3) is 5.91 Å². The van der Waals surface area contributed by atoms with Crippen molar-refractivity contribution >= 4 is 5.91 Å². The standard InChI is InChI=1S/C16H23N5O3/c1-9(2)11-7-12(18-17-11)16(22)21-5-6-23-13(8-21)15-20-19-14(24-15)10(3)4/h7,9-10,13H,5-6,8H2,1-4H3,(H,17,18). The fourth-order valence-electron chi connectivity index (χ4n) is 2.50. The van der Waals surface area contributed by atoms with Crippen LogP contribution in [0.1, 0.15) is 73.6 Å². The number of morpholine rings is 1. The van der Waals surface area contributed by atoms with Gasteiger partial charge in [0.05, 0.1) is 13.2 Å². The Hall–Kier alpha value is -2.22. The Morgan fingerprint density at radius 1 is 1.29 bits per heavy atom. The van der Waals surface area contributed by atoms with Gasteiger partial charge in [-0.15, -0.1) is 10.2 Å². The van der Waals surface area contributed by atoms with Crippen LogP contribution in [-0.4, -0.2) is 50.9 Å². The van der Waals surface area contributed by atoms with E-state index < -0.39 is 6.10 Å². The summed E-state index contributed by atoms with van der Waals surface area (Å²) in [5.41, 5.74) is 1.37. The summed E-state index contributed by atoms with van der Waals surface area (Å²) in [5.74, 6) is 1.33. The molecule has 0 saturated carbocycles. The highest BCUT2D eigenvalue weighted by atomic mass is 16.5. The van der Waals surface area contributed by atoms with Gasteiger partial charge in [0.15, 0.2) is 6.10 Å². The average molecular weight is 333 g/mol. The van der Waals surface area contributed by atoms with Gasteiger partial charge < -0.3 is 14.1 Å². The molecule has 0 bridgehead atoms. The zero-order valence-electron chi connectivity index (χ0n) is 14.4. The lowest BCUT2D eigenvalue weighted by atomic mass is 10.1. The van der Waals surface area contributed by atoms with Crippen LogP contribution >= 0.6 is 0 Å². The Morgan fingerprint density at radius 3 is 2.71 bits per heavy atom. The Kier molecular flexibility index (Phi) is 4.66. The lowest BCUT2D eigenvalue weighted by molar-refractivity contribution is -0.0352. The number of carbonyl (C=O) groups excluding carboxylic acids is 1. The van der Waals surface area contributed by atoms with Crippen LogP contribution in [0.15, 0.2) is 10.5 Å². The van der Waals surface area contributed by atoms with Crippen LogP contribution < -0.4 is 0 Å². The van der Waals surface area contributed by atoms with E-state index in [1.807, 2.05) is 13.8 Å². The number of nitrogens with one attached hydrogen (secondary N) is 1. The normalized spacial score (nSPS) is 18.6. The van der Waals surface area contributed by atoms with Crippen molar-refractivity contribution in [2.75, 3.05) is 19.7 Å². The van der Waals surface area contributed by atoms with Crippen LogP contribution in [-0.2, 0) is 4.74 Å². The molecular weight excluding hydrogens is 310 g/mol. The Labute approximate surface area is 140 Å². The van der Waals surface area contributed by atoms with Crippen LogP contribution in [0, 0.1) is 0 Å². The molecule has 1 aliphatic heterocycles. The molecule has 2 aromatic heterocycles. The van der Waals surface area contributed by atoms with Crippen molar-refractivity contribution in [2.24, 2.45) is 0 Å². The smallest absolute Gasteiger partial charge is 0.274 e. The first kappa shape index (κ1) is 16.6. The molecular formula is C16H23N5O3. The lowest BCUT2D eigenvalue weighted by Crippen LogP contribution is -2.42. The summed E-state index contributed by atoms with van der Waals surface area (Å²) in [5, 5.41) is 15.1. The van der Waals surface area contributed by atoms with Gasteiger partial charge in [-0.3, -0.25) is 9.89 Å². The van der Waals surface area contributed by atoms with Gasteiger partial charge in [-0.1, -0.05) is 27.7 Å². The van der Waals surface area contributed by atoms with Crippen molar-refractivity contribution < 1.29 is 13.9 Å².